The summed E-state index contributed by atoms with van der Waals surface area (Å²) in [6.45, 7) is 6.28. The lowest BCUT2D eigenvalue weighted by Crippen LogP contribution is -1.95. The lowest BCUT2D eigenvalue weighted by atomic mass is 10.1. The fourth-order valence-corrected chi connectivity index (χ4v) is 1.04. The second-order valence-corrected chi connectivity index (χ2v) is 2.26. The Hall–Kier alpha value is -1.02. The average Bonchev–Trinajstić information content (AvgIpc) is 2.30. The molecule has 0 amide bonds. The van der Waals surface area contributed by atoms with Crippen LogP contribution in [-0.2, 0) is 6.54 Å². The van der Waals surface area contributed by atoms with E-state index in [0.717, 1.165) is 16.8 Å². The number of nitrogens with one attached hydrogen (secondary N) is 1. The maximum absolute atomic E-state index is 5.47. The minimum atomic E-state index is 0.575. The number of aromatic amines is 1. The van der Waals surface area contributed by atoms with E-state index in [1.165, 1.54) is 0 Å². The topological polar surface area (TPSA) is 41.8 Å². The zero-order valence-corrected chi connectivity index (χ0v) is 6.15. The minimum Gasteiger partial charge on any atom is -0.364 e. The Morgan fingerprint density at radius 3 is 2.90 bits per heavy atom. The van der Waals surface area contributed by atoms with E-state index in [0.29, 0.717) is 6.54 Å². The Morgan fingerprint density at radius 2 is 2.50 bits per heavy atom. The Kier molecular flexibility index (Phi) is 1.92. The molecule has 0 aliphatic heterocycles. The second-order valence-electron chi connectivity index (χ2n) is 2.26. The van der Waals surface area contributed by atoms with Gasteiger partial charge in [0.25, 0.3) is 0 Å². The number of nitrogens with two attached hydrogens (primary N) is 1. The van der Waals surface area contributed by atoms with Gasteiger partial charge in [-0.15, -0.1) is 0 Å². The molecule has 1 rings (SSSR count). The van der Waals surface area contributed by atoms with Gasteiger partial charge in [0.05, 0.1) is 0 Å². The van der Waals surface area contributed by atoms with Crippen molar-refractivity contribution in [2.75, 3.05) is 0 Å². The van der Waals surface area contributed by atoms with E-state index in [4.69, 9.17) is 5.73 Å². The number of rotatable bonds is 2. The summed E-state index contributed by atoms with van der Waals surface area (Å²) in [7, 11) is 0. The molecule has 0 spiro atoms. The Balaban J connectivity index is 3.12. The molecule has 0 atom stereocenters. The first kappa shape index (κ1) is 7.09. The van der Waals surface area contributed by atoms with Crippen molar-refractivity contribution >= 4 is 6.08 Å². The molecule has 2 nitrogen and oxygen atoms in total. The number of H-pyrrole nitrogens is 1. The largest absolute Gasteiger partial charge is 0.364 e. The molecule has 10 heavy (non-hydrogen) atoms. The van der Waals surface area contributed by atoms with Crippen LogP contribution in [0.4, 0.5) is 0 Å². The summed E-state index contributed by atoms with van der Waals surface area (Å²) in [6.07, 6.45) is 3.75. The van der Waals surface area contributed by atoms with Gasteiger partial charge in [0.15, 0.2) is 0 Å². The lowest BCUT2D eigenvalue weighted by molar-refractivity contribution is 1.07. The zero-order chi connectivity index (χ0) is 7.56. The van der Waals surface area contributed by atoms with Crippen molar-refractivity contribution in [3.8, 4) is 0 Å². The first-order chi connectivity index (χ1) is 4.79. The summed E-state index contributed by atoms with van der Waals surface area (Å²) in [5, 5.41) is 0. The summed E-state index contributed by atoms with van der Waals surface area (Å²) < 4.78 is 0. The Labute approximate surface area is 60.8 Å². The van der Waals surface area contributed by atoms with Crippen LogP contribution in [0.25, 0.3) is 6.08 Å². The van der Waals surface area contributed by atoms with E-state index >= 15 is 0 Å². The summed E-state index contributed by atoms with van der Waals surface area (Å²) >= 11 is 0. The third kappa shape index (κ3) is 0.977. The van der Waals surface area contributed by atoms with E-state index in [2.05, 4.69) is 11.6 Å². The first-order valence-electron chi connectivity index (χ1n) is 3.29. The van der Waals surface area contributed by atoms with Crippen LogP contribution in [0, 0.1) is 6.92 Å². The first-order valence-corrected chi connectivity index (χ1v) is 3.29. The van der Waals surface area contributed by atoms with Crippen molar-refractivity contribution in [2.45, 2.75) is 13.5 Å². The molecule has 0 saturated heterocycles. The molecule has 0 aromatic carbocycles. The van der Waals surface area contributed by atoms with E-state index in [1.54, 1.807) is 0 Å². The molecule has 0 saturated carbocycles. The van der Waals surface area contributed by atoms with Gasteiger partial charge < -0.3 is 10.7 Å². The normalized spacial score (nSPS) is 9.80. The predicted molar refractivity (Wildman–Crippen MR) is 43.5 cm³/mol. The molecule has 0 unspecified atom stereocenters. The van der Waals surface area contributed by atoms with Crippen LogP contribution in [0.15, 0.2) is 12.8 Å². The summed E-state index contributed by atoms with van der Waals surface area (Å²) in [5.41, 5.74) is 8.88. The lowest BCUT2D eigenvalue weighted by Gasteiger charge is -1.93. The molecule has 0 bridgehead atoms. The van der Waals surface area contributed by atoms with Crippen LogP contribution in [-0.4, -0.2) is 4.98 Å². The highest BCUT2D eigenvalue weighted by molar-refractivity contribution is 5.54. The fourth-order valence-electron chi connectivity index (χ4n) is 1.04. The van der Waals surface area contributed by atoms with Gasteiger partial charge in [0.2, 0.25) is 0 Å². The molecule has 0 aliphatic rings. The van der Waals surface area contributed by atoms with Gasteiger partial charge in [-0.05, 0) is 18.1 Å². The Bertz CT molecular complexity index is 235. The van der Waals surface area contributed by atoms with E-state index in [-0.39, 0.29) is 0 Å². The SMILES string of the molecule is C=Cc1c(CN)c[nH]c1C. The molecule has 1 aromatic heterocycles. The van der Waals surface area contributed by atoms with Gasteiger partial charge in [-0.25, -0.2) is 0 Å². The van der Waals surface area contributed by atoms with Gasteiger partial charge >= 0.3 is 0 Å². The molecular formula is C8H12N2. The predicted octanol–water partition coefficient (Wildman–Crippen LogP) is 1.42. The number of aryl methyl sites for hydroxylation is 1. The van der Waals surface area contributed by atoms with Crippen molar-refractivity contribution in [1.29, 1.82) is 0 Å². The summed E-state index contributed by atoms with van der Waals surface area (Å²) in [6, 6.07) is 0. The smallest absolute Gasteiger partial charge is 0.0199 e. The molecule has 3 N–H and O–H groups in total. The van der Waals surface area contributed by atoms with Gasteiger partial charge in [-0.2, -0.15) is 0 Å². The standard InChI is InChI=1S/C8H12N2/c1-3-8-6(2)10-5-7(8)4-9/h3,5,10H,1,4,9H2,2H3. The molecule has 2 heteroatoms. The molecule has 1 aromatic rings. The number of aromatic nitrogens is 1. The Morgan fingerprint density at radius 1 is 1.80 bits per heavy atom. The summed E-state index contributed by atoms with van der Waals surface area (Å²) in [4.78, 5) is 3.09. The van der Waals surface area contributed by atoms with E-state index in [1.807, 2.05) is 19.2 Å². The molecule has 0 fully saturated rings. The van der Waals surface area contributed by atoms with Gasteiger partial charge in [0.1, 0.15) is 0 Å². The molecular weight excluding hydrogens is 124 g/mol. The van der Waals surface area contributed by atoms with Gasteiger partial charge in [-0.3, -0.25) is 0 Å². The maximum atomic E-state index is 5.47. The van der Waals surface area contributed by atoms with Crippen molar-refractivity contribution in [3.05, 3.63) is 29.6 Å². The minimum absolute atomic E-state index is 0.575. The van der Waals surface area contributed by atoms with Crippen LogP contribution < -0.4 is 5.73 Å². The second kappa shape index (κ2) is 2.71. The molecule has 0 radical (unpaired) electrons. The third-order valence-electron chi connectivity index (χ3n) is 1.64. The van der Waals surface area contributed by atoms with Crippen molar-refractivity contribution < 1.29 is 0 Å². The zero-order valence-electron chi connectivity index (χ0n) is 6.15. The summed E-state index contributed by atoms with van der Waals surface area (Å²) in [5.74, 6) is 0. The molecule has 0 aliphatic carbocycles. The van der Waals surface area contributed by atoms with Crippen LogP contribution in [0.5, 0.6) is 0 Å². The molecule has 1 heterocycles. The fraction of sp³-hybridized carbons (Fsp3) is 0.250. The third-order valence-corrected chi connectivity index (χ3v) is 1.64. The van der Waals surface area contributed by atoms with E-state index in [9.17, 15) is 0 Å². The number of hydrogen-bond acceptors (Lipinski definition) is 1. The average molecular weight is 136 g/mol. The highest BCUT2D eigenvalue weighted by Gasteiger charge is 2.00. The van der Waals surface area contributed by atoms with Gasteiger partial charge in [0, 0.05) is 18.4 Å². The van der Waals surface area contributed by atoms with E-state index < -0.39 is 0 Å². The van der Waals surface area contributed by atoms with Crippen molar-refractivity contribution in [3.63, 3.8) is 0 Å². The van der Waals surface area contributed by atoms with Crippen LogP contribution in [0.3, 0.4) is 0 Å². The van der Waals surface area contributed by atoms with Crippen LogP contribution >= 0.6 is 0 Å². The van der Waals surface area contributed by atoms with Crippen LogP contribution in [0.2, 0.25) is 0 Å². The highest BCUT2D eigenvalue weighted by atomic mass is 14.7. The quantitative estimate of drug-likeness (QED) is 0.634. The highest BCUT2D eigenvalue weighted by Crippen LogP contribution is 2.13. The monoisotopic (exact) mass is 136 g/mol. The number of hydrogen-bond donors (Lipinski definition) is 2. The van der Waals surface area contributed by atoms with Crippen molar-refractivity contribution in [2.24, 2.45) is 5.73 Å². The maximum Gasteiger partial charge on any atom is 0.0199 e. The van der Waals surface area contributed by atoms with Gasteiger partial charge in [-0.1, -0.05) is 12.7 Å². The molecule has 54 valence electrons. The van der Waals surface area contributed by atoms with Crippen LogP contribution in [0.1, 0.15) is 16.8 Å². The van der Waals surface area contributed by atoms with Crippen molar-refractivity contribution in [1.82, 2.24) is 4.98 Å².